The highest BCUT2D eigenvalue weighted by Crippen LogP contribution is 2.33. The molecular formula is C22H24ClF4N5O. The van der Waals surface area contributed by atoms with E-state index >= 15 is 0 Å². The number of halogens is 5. The molecule has 0 bridgehead atoms. The molecule has 0 aliphatic carbocycles. The number of nitrogens with one attached hydrogen (secondary N) is 1. The van der Waals surface area contributed by atoms with Crippen molar-refractivity contribution >= 4 is 23.3 Å². The highest BCUT2D eigenvalue weighted by atomic mass is 35.5. The fourth-order valence-electron chi connectivity index (χ4n) is 4.46. The van der Waals surface area contributed by atoms with Crippen molar-refractivity contribution in [2.75, 3.05) is 32.0 Å². The summed E-state index contributed by atoms with van der Waals surface area (Å²) in [5.74, 6) is -1.32. The lowest BCUT2D eigenvalue weighted by Gasteiger charge is -2.43. The zero-order chi connectivity index (χ0) is 23.9. The minimum absolute atomic E-state index is 0.0346. The summed E-state index contributed by atoms with van der Waals surface area (Å²) >= 11 is 6.10. The third kappa shape index (κ3) is 4.63. The van der Waals surface area contributed by atoms with Gasteiger partial charge in [-0.3, -0.25) is 9.69 Å². The number of aryl methyl sites for hydroxylation is 1. The minimum atomic E-state index is -2.94. The standard InChI is InChI=1S/C22H24ClF4N5O/c1-12(13-5-3-6-14(17(13)24)18(25)26)28-19-15-9-32(20(33)22(27)10-31(2)11-22)8-4-7-16(15)29-21(23)30-19/h3,5-6,12,18H,4,7-11H2,1-2H3,(H,28,29,30)/t12-/m1/s1. The summed E-state index contributed by atoms with van der Waals surface area (Å²) in [7, 11) is 1.74. The molecule has 0 unspecified atom stereocenters. The van der Waals surface area contributed by atoms with E-state index in [0.29, 0.717) is 30.6 Å². The fraction of sp³-hybridized carbons (Fsp3) is 0.500. The van der Waals surface area contributed by atoms with Crippen molar-refractivity contribution in [1.29, 1.82) is 0 Å². The molecule has 3 heterocycles. The molecule has 11 heteroatoms. The number of benzene rings is 1. The van der Waals surface area contributed by atoms with Crippen LogP contribution in [-0.4, -0.2) is 58.0 Å². The van der Waals surface area contributed by atoms with Gasteiger partial charge in [-0.05, 0) is 38.4 Å². The zero-order valence-corrected chi connectivity index (χ0v) is 19.0. The summed E-state index contributed by atoms with van der Waals surface area (Å²) in [6.45, 7) is 2.09. The Morgan fingerprint density at radius 2 is 1.94 bits per heavy atom. The fourth-order valence-corrected chi connectivity index (χ4v) is 4.64. The molecule has 33 heavy (non-hydrogen) atoms. The highest BCUT2D eigenvalue weighted by Gasteiger charge is 2.50. The first-order valence-electron chi connectivity index (χ1n) is 10.6. The van der Waals surface area contributed by atoms with Crippen LogP contribution in [0.1, 0.15) is 48.2 Å². The van der Waals surface area contributed by atoms with Crippen LogP contribution in [0.25, 0.3) is 0 Å². The van der Waals surface area contributed by atoms with Gasteiger partial charge in [-0.2, -0.15) is 0 Å². The van der Waals surface area contributed by atoms with Gasteiger partial charge in [-0.1, -0.05) is 18.2 Å². The number of anilines is 1. The second-order valence-electron chi connectivity index (χ2n) is 8.65. The number of nitrogens with zero attached hydrogens (tertiary/aromatic N) is 4. The van der Waals surface area contributed by atoms with E-state index in [0.717, 1.165) is 6.07 Å². The Labute approximate surface area is 193 Å². The third-order valence-corrected chi connectivity index (χ3v) is 6.25. The van der Waals surface area contributed by atoms with Gasteiger partial charge < -0.3 is 10.2 Å². The van der Waals surface area contributed by atoms with Gasteiger partial charge in [0.15, 0.2) is 0 Å². The second kappa shape index (κ2) is 9.06. The van der Waals surface area contributed by atoms with E-state index in [1.165, 1.54) is 17.0 Å². The van der Waals surface area contributed by atoms with Crippen LogP contribution in [0.2, 0.25) is 5.28 Å². The summed E-state index contributed by atoms with van der Waals surface area (Å²) in [4.78, 5) is 24.6. The number of aromatic nitrogens is 2. The quantitative estimate of drug-likeness (QED) is 0.505. The number of hydrogen-bond donors (Lipinski definition) is 1. The molecule has 2 aromatic rings. The lowest BCUT2D eigenvalue weighted by Crippen LogP contribution is -2.65. The molecule has 2 aliphatic rings. The number of carbonyl (C=O) groups excluding carboxylic acids is 1. The van der Waals surface area contributed by atoms with E-state index in [-0.39, 0.29) is 36.3 Å². The summed E-state index contributed by atoms with van der Waals surface area (Å²) in [5, 5.41) is 3.00. The van der Waals surface area contributed by atoms with Gasteiger partial charge in [0.05, 0.1) is 23.8 Å². The average molecular weight is 486 g/mol. The van der Waals surface area contributed by atoms with Crippen LogP contribution in [0.3, 0.4) is 0 Å². The molecule has 0 radical (unpaired) electrons. The summed E-state index contributed by atoms with van der Waals surface area (Å²) in [6, 6.07) is 3.08. The summed E-state index contributed by atoms with van der Waals surface area (Å²) in [6.07, 6.45) is -1.88. The molecule has 1 N–H and O–H groups in total. The van der Waals surface area contributed by atoms with Crippen molar-refractivity contribution in [2.45, 2.75) is 44.4 Å². The Balaban J connectivity index is 1.63. The van der Waals surface area contributed by atoms with Crippen LogP contribution >= 0.6 is 11.6 Å². The highest BCUT2D eigenvalue weighted by molar-refractivity contribution is 6.28. The van der Waals surface area contributed by atoms with Gasteiger partial charge in [0.25, 0.3) is 12.3 Å². The van der Waals surface area contributed by atoms with Gasteiger partial charge in [-0.15, -0.1) is 0 Å². The molecule has 1 atom stereocenters. The van der Waals surface area contributed by atoms with Crippen LogP contribution in [0.4, 0.5) is 23.4 Å². The first-order chi connectivity index (χ1) is 15.6. The monoisotopic (exact) mass is 485 g/mol. The number of likely N-dealkylation sites (tertiary alicyclic amines) is 1. The van der Waals surface area contributed by atoms with Crippen LogP contribution in [0, 0.1) is 5.82 Å². The molecule has 2 aliphatic heterocycles. The van der Waals surface area contributed by atoms with E-state index in [1.54, 1.807) is 18.9 Å². The molecule has 1 fully saturated rings. The third-order valence-electron chi connectivity index (χ3n) is 6.08. The lowest BCUT2D eigenvalue weighted by atomic mass is 9.95. The number of alkyl halides is 3. The molecule has 0 saturated carbocycles. The maximum atomic E-state index is 15.0. The van der Waals surface area contributed by atoms with Crippen LogP contribution in [-0.2, 0) is 17.8 Å². The molecule has 0 spiro atoms. The Morgan fingerprint density at radius 1 is 1.24 bits per heavy atom. The summed E-state index contributed by atoms with van der Waals surface area (Å²) in [5.41, 5.74) is -1.40. The Bertz CT molecular complexity index is 1060. The molecule has 178 valence electrons. The van der Waals surface area contributed by atoms with Crippen molar-refractivity contribution in [3.05, 3.63) is 51.7 Å². The largest absolute Gasteiger partial charge is 0.363 e. The average Bonchev–Trinajstić information content (AvgIpc) is 2.94. The molecule has 1 amide bonds. The van der Waals surface area contributed by atoms with Crippen molar-refractivity contribution in [3.8, 4) is 0 Å². The van der Waals surface area contributed by atoms with Gasteiger partial charge in [-0.25, -0.2) is 27.5 Å². The predicted molar refractivity (Wildman–Crippen MR) is 116 cm³/mol. The van der Waals surface area contributed by atoms with Gasteiger partial charge >= 0.3 is 0 Å². The normalized spacial score (nSPS) is 19.0. The second-order valence-corrected chi connectivity index (χ2v) is 8.99. The molecule has 1 aromatic heterocycles. The van der Waals surface area contributed by atoms with E-state index in [4.69, 9.17) is 11.6 Å². The number of amides is 1. The number of rotatable bonds is 5. The van der Waals surface area contributed by atoms with Crippen molar-refractivity contribution in [2.24, 2.45) is 0 Å². The molecule has 1 saturated heterocycles. The lowest BCUT2D eigenvalue weighted by molar-refractivity contribution is -0.155. The molecule has 4 rings (SSSR count). The van der Waals surface area contributed by atoms with E-state index in [2.05, 4.69) is 15.3 Å². The van der Waals surface area contributed by atoms with E-state index in [9.17, 15) is 22.4 Å². The number of hydrogen-bond acceptors (Lipinski definition) is 5. The minimum Gasteiger partial charge on any atom is -0.363 e. The first-order valence-corrected chi connectivity index (χ1v) is 11.0. The van der Waals surface area contributed by atoms with Gasteiger partial charge in [0.1, 0.15) is 11.6 Å². The van der Waals surface area contributed by atoms with Gasteiger partial charge in [0.2, 0.25) is 11.0 Å². The smallest absolute Gasteiger partial charge is 0.266 e. The first kappa shape index (κ1) is 23.7. The van der Waals surface area contributed by atoms with Crippen LogP contribution in [0.15, 0.2) is 18.2 Å². The van der Waals surface area contributed by atoms with Crippen molar-refractivity contribution in [3.63, 3.8) is 0 Å². The Morgan fingerprint density at radius 3 is 2.61 bits per heavy atom. The Kier molecular flexibility index (Phi) is 6.50. The molecule has 6 nitrogen and oxygen atoms in total. The number of fused-ring (bicyclic) bond motifs is 1. The number of carbonyl (C=O) groups is 1. The van der Waals surface area contributed by atoms with Crippen LogP contribution < -0.4 is 5.32 Å². The maximum absolute atomic E-state index is 15.0. The predicted octanol–water partition coefficient (Wildman–Crippen LogP) is 4.31. The van der Waals surface area contributed by atoms with Crippen LogP contribution in [0.5, 0.6) is 0 Å². The van der Waals surface area contributed by atoms with Crippen molar-refractivity contribution in [1.82, 2.24) is 19.8 Å². The molecular weight excluding hydrogens is 462 g/mol. The Hall–Kier alpha value is -2.46. The van der Waals surface area contributed by atoms with E-state index < -0.39 is 35.4 Å². The zero-order valence-electron chi connectivity index (χ0n) is 18.2. The summed E-state index contributed by atoms with van der Waals surface area (Å²) < 4.78 is 55.9. The van der Waals surface area contributed by atoms with Crippen molar-refractivity contribution < 1.29 is 22.4 Å². The SMILES string of the molecule is C[C@@H](Nc1nc(Cl)nc2c1CN(C(=O)C1(F)CN(C)C1)CCC2)c1cccc(C(F)F)c1F. The topological polar surface area (TPSA) is 61.4 Å². The maximum Gasteiger partial charge on any atom is 0.266 e. The van der Waals surface area contributed by atoms with E-state index in [1.807, 2.05) is 0 Å². The van der Waals surface area contributed by atoms with Gasteiger partial charge in [0, 0.05) is 30.8 Å². The molecule has 1 aromatic carbocycles.